The van der Waals surface area contributed by atoms with Crippen LogP contribution in [0.4, 0.5) is 0 Å². The van der Waals surface area contributed by atoms with E-state index in [-0.39, 0.29) is 11.7 Å². The maximum absolute atomic E-state index is 6.18. The van der Waals surface area contributed by atoms with Gasteiger partial charge >= 0.3 is 0 Å². The molecule has 2 atom stereocenters. The molecule has 0 aromatic heterocycles. The average Bonchev–Trinajstić information content (AvgIpc) is 2.89. The summed E-state index contributed by atoms with van der Waals surface area (Å²) in [6, 6.07) is 0. The Morgan fingerprint density at radius 3 is 3.00 bits per heavy atom. The Labute approximate surface area is 128 Å². The number of piperidine rings is 1. The van der Waals surface area contributed by atoms with Crippen molar-refractivity contribution in [2.45, 2.75) is 43.8 Å². The van der Waals surface area contributed by atoms with E-state index in [0.29, 0.717) is 6.61 Å². The quantitative estimate of drug-likeness (QED) is 0.728. The van der Waals surface area contributed by atoms with Gasteiger partial charge in [-0.25, -0.2) is 0 Å². The van der Waals surface area contributed by atoms with Gasteiger partial charge in [0.2, 0.25) is 0 Å². The third kappa shape index (κ3) is 4.07. The Morgan fingerprint density at radius 1 is 1.33 bits per heavy atom. The SMILES string of the molecule is C=CCO[C@H]1CO[C@]2(CCCN(CC3CCOCC3)C2)C1. The summed E-state index contributed by atoms with van der Waals surface area (Å²) in [6.07, 6.45) is 7.99. The maximum atomic E-state index is 6.18. The first kappa shape index (κ1) is 15.5. The van der Waals surface area contributed by atoms with Gasteiger partial charge in [-0.2, -0.15) is 0 Å². The standard InChI is InChI=1S/C17H29NO3/c1-2-8-20-16-11-17(21-13-16)6-3-7-18(14-17)12-15-4-9-19-10-5-15/h2,15-16H,1,3-14H2/t16-,17-/m1/s1. The lowest BCUT2D eigenvalue weighted by atomic mass is 9.88. The minimum atomic E-state index is 0.0508. The number of hydrogen-bond donors (Lipinski definition) is 0. The van der Waals surface area contributed by atoms with E-state index in [1.54, 1.807) is 0 Å². The van der Waals surface area contributed by atoms with Crippen LogP contribution < -0.4 is 0 Å². The summed E-state index contributed by atoms with van der Waals surface area (Å²) in [5.41, 5.74) is 0.0508. The normalized spacial score (nSPS) is 35.3. The molecule has 0 aromatic carbocycles. The van der Waals surface area contributed by atoms with Crippen molar-refractivity contribution in [3.05, 3.63) is 12.7 Å². The molecule has 0 aliphatic carbocycles. The molecule has 0 N–H and O–H groups in total. The van der Waals surface area contributed by atoms with Gasteiger partial charge in [0.05, 0.1) is 24.9 Å². The van der Waals surface area contributed by atoms with E-state index < -0.39 is 0 Å². The summed E-state index contributed by atoms with van der Waals surface area (Å²) in [5, 5.41) is 0. The van der Waals surface area contributed by atoms with Gasteiger partial charge in [-0.3, -0.25) is 0 Å². The third-order valence-corrected chi connectivity index (χ3v) is 5.10. The molecule has 3 aliphatic rings. The van der Waals surface area contributed by atoms with Crippen molar-refractivity contribution in [2.24, 2.45) is 5.92 Å². The number of nitrogens with zero attached hydrogens (tertiary/aromatic N) is 1. The van der Waals surface area contributed by atoms with Gasteiger partial charge in [-0.05, 0) is 38.1 Å². The fourth-order valence-electron chi connectivity index (χ4n) is 4.04. The van der Waals surface area contributed by atoms with Gasteiger partial charge in [-0.15, -0.1) is 6.58 Å². The molecule has 4 nitrogen and oxygen atoms in total. The first-order chi connectivity index (χ1) is 10.3. The zero-order chi connectivity index (χ0) is 14.5. The lowest BCUT2D eigenvalue weighted by Gasteiger charge is -2.41. The summed E-state index contributed by atoms with van der Waals surface area (Å²) in [4.78, 5) is 2.62. The van der Waals surface area contributed by atoms with Crippen LogP contribution in [0.25, 0.3) is 0 Å². The Bertz CT molecular complexity index is 343. The molecule has 21 heavy (non-hydrogen) atoms. The van der Waals surface area contributed by atoms with E-state index in [0.717, 1.165) is 38.7 Å². The molecular weight excluding hydrogens is 266 g/mol. The summed E-state index contributed by atoms with van der Waals surface area (Å²) >= 11 is 0. The number of hydrogen-bond acceptors (Lipinski definition) is 4. The molecular formula is C17H29NO3. The Kier molecular flexibility index (Phi) is 5.33. The van der Waals surface area contributed by atoms with Crippen molar-refractivity contribution in [3.63, 3.8) is 0 Å². The predicted octanol–water partition coefficient (Wildman–Crippen LogP) is 2.24. The molecule has 4 heteroatoms. The highest BCUT2D eigenvalue weighted by Crippen LogP contribution is 2.36. The molecule has 0 radical (unpaired) electrons. The van der Waals surface area contributed by atoms with E-state index >= 15 is 0 Å². The van der Waals surface area contributed by atoms with Crippen LogP contribution in [0, 0.1) is 5.92 Å². The Balaban J connectivity index is 1.49. The van der Waals surface area contributed by atoms with E-state index in [4.69, 9.17) is 14.2 Å². The van der Waals surface area contributed by atoms with Crippen LogP contribution in [0.1, 0.15) is 32.1 Å². The summed E-state index contributed by atoms with van der Waals surface area (Å²) in [5.74, 6) is 0.808. The van der Waals surface area contributed by atoms with Crippen molar-refractivity contribution in [1.82, 2.24) is 4.90 Å². The molecule has 0 bridgehead atoms. The minimum Gasteiger partial charge on any atom is -0.381 e. The second-order valence-corrected chi connectivity index (χ2v) is 6.84. The fourth-order valence-corrected chi connectivity index (χ4v) is 4.04. The minimum absolute atomic E-state index is 0.0508. The molecule has 3 aliphatic heterocycles. The maximum Gasteiger partial charge on any atom is 0.0841 e. The Morgan fingerprint density at radius 2 is 2.19 bits per heavy atom. The molecule has 0 amide bonds. The highest BCUT2D eigenvalue weighted by atomic mass is 16.6. The van der Waals surface area contributed by atoms with Crippen molar-refractivity contribution < 1.29 is 14.2 Å². The molecule has 3 heterocycles. The van der Waals surface area contributed by atoms with Gasteiger partial charge in [0.15, 0.2) is 0 Å². The number of ether oxygens (including phenoxy) is 3. The molecule has 0 aromatic rings. The largest absolute Gasteiger partial charge is 0.381 e. The van der Waals surface area contributed by atoms with E-state index in [1.165, 1.54) is 38.8 Å². The van der Waals surface area contributed by atoms with Crippen LogP contribution in [-0.2, 0) is 14.2 Å². The van der Waals surface area contributed by atoms with Crippen LogP contribution >= 0.6 is 0 Å². The molecule has 120 valence electrons. The van der Waals surface area contributed by atoms with Crippen LogP contribution in [0.15, 0.2) is 12.7 Å². The smallest absolute Gasteiger partial charge is 0.0841 e. The highest BCUT2D eigenvalue weighted by Gasteiger charge is 2.44. The molecule has 3 rings (SSSR count). The van der Waals surface area contributed by atoms with Crippen LogP contribution in [0.5, 0.6) is 0 Å². The summed E-state index contributed by atoms with van der Waals surface area (Å²) < 4.78 is 17.4. The lowest BCUT2D eigenvalue weighted by Crippen LogP contribution is -2.49. The molecule has 0 saturated carbocycles. The van der Waals surface area contributed by atoms with Gasteiger partial charge in [0.25, 0.3) is 0 Å². The van der Waals surface area contributed by atoms with Crippen LogP contribution in [0.2, 0.25) is 0 Å². The lowest BCUT2D eigenvalue weighted by molar-refractivity contribution is -0.0589. The van der Waals surface area contributed by atoms with E-state index in [1.807, 2.05) is 6.08 Å². The predicted molar refractivity (Wildman–Crippen MR) is 82.5 cm³/mol. The van der Waals surface area contributed by atoms with Gasteiger partial charge in [0.1, 0.15) is 0 Å². The third-order valence-electron chi connectivity index (χ3n) is 5.10. The summed E-state index contributed by atoms with van der Waals surface area (Å²) in [6.45, 7) is 10.5. The second kappa shape index (κ2) is 7.23. The summed E-state index contributed by atoms with van der Waals surface area (Å²) in [7, 11) is 0. The van der Waals surface area contributed by atoms with Crippen molar-refractivity contribution in [1.29, 1.82) is 0 Å². The Hall–Kier alpha value is -0.420. The molecule has 0 unspecified atom stereocenters. The average molecular weight is 295 g/mol. The van der Waals surface area contributed by atoms with Crippen molar-refractivity contribution in [3.8, 4) is 0 Å². The van der Waals surface area contributed by atoms with Gasteiger partial charge < -0.3 is 19.1 Å². The fraction of sp³-hybridized carbons (Fsp3) is 0.882. The van der Waals surface area contributed by atoms with E-state index in [2.05, 4.69) is 11.5 Å². The second-order valence-electron chi connectivity index (χ2n) is 6.84. The van der Waals surface area contributed by atoms with Crippen LogP contribution in [0.3, 0.4) is 0 Å². The topological polar surface area (TPSA) is 30.9 Å². The first-order valence-corrected chi connectivity index (χ1v) is 8.46. The van der Waals surface area contributed by atoms with Gasteiger partial charge in [0, 0.05) is 32.7 Å². The zero-order valence-corrected chi connectivity index (χ0v) is 13.1. The zero-order valence-electron chi connectivity index (χ0n) is 13.1. The molecule has 3 saturated heterocycles. The molecule has 1 spiro atoms. The van der Waals surface area contributed by atoms with Crippen LogP contribution in [-0.4, -0.2) is 62.7 Å². The van der Waals surface area contributed by atoms with E-state index in [9.17, 15) is 0 Å². The van der Waals surface area contributed by atoms with Crippen molar-refractivity contribution >= 4 is 0 Å². The molecule has 3 fully saturated rings. The van der Waals surface area contributed by atoms with Crippen molar-refractivity contribution in [2.75, 3.05) is 46.1 Å². The first-order valence-electron chi connectivity index (χ1n) is 8.46. The van der Waals surface area contributed by atoms with Gasteiger partial charge in [-0.1, -0.05) is 6.08 Å². The number of likely N-dealkylation sites (tertiary alicyclic amines) is 1. The monoisotopic (exact) mass is 295 g/mol. The number of rotatable bonds is 5. The highest BCUT2D eigenvalue weighted by molar-refractivity contribution is 4.96.